The maximum atomic E-state index is 8.64. The minimum absolute atomic E-state index is 0.0510. The fourth-order valence-electron chi connectivity index (χ4n) is 1.39. The molecule has 16 heavy (non-hydrogen) atoms. The summed E-state index contributed by atoms with van der Waals surface area (Å²) in [5.41, 5.74) is 1.18. The molecule has 1 aromatic carbocycles. The summed E-state index contributed by atoms with van der Waals surface area (Å²) in [6, 6.07) is 10.2. The zero-order valence-electron chi connectivity index (χ0n) is 9.86. The number of hydrogen-bond acceptors (Lipinski definition) is 3. The van der Waals surface area contributed by atoms with Crippen molar-refractivity contribution in [3.05, 3.63) is 29.8 Å². The molecule has 0 heterocycles. The summed E-state index contributed by atoms with van der Waals surface area (Å²) in [4.78, 5) is 0. The third-order valence-electron chi connectivity index (χ3n) is 2.21. The molecule has 0 fully saturated rings. The Kier molecular flexibility index (Phi) is 5.38. The summed E-state index contributed by atoms with van der Waals surface area (Å²) in [7, 11) is 0. The van der Waals surface area contributed by atoms with E-state index in [4.69, 9.17) is 10.00 Å². The third-order valence-corrected chi connectivity index (χ3v) is 2.21. The quantitative estimate of drug-likeness (QED) is 0.797. The molecule has 3 nitrogen and oxygen atoms in total. The Morgan fingerprint density at radius 3 is 3.00 bits per heavy atom. The van der Waals surface area contributed by atoms with Crippen molar-refractivity contribution in [3.63, 3.8) is 0 Å². The summed E-state index contributed by atoms with van der Waals surface area (Å²) < 4.78 is 5.41. The lowest BCUT2D eigenvalue weighted by Gasteiger charge is -2.08. The molecule has 0 spiro atoms. The summed E-state index contributed by atoms with van der Waals surface area (Å²) in [6.07, 6.45) is 0. The van der Waals surface area contributed by atoms with Crippen LogP contribution in [0.3, 0.4) is 0 Å². The van der Waals surface area contributed by atoms with Crippen molar-refractivity contribution in [1.29, 1.82) is 5.26 Å². The monoisotopic (exact) mass is 218 g/mol. The van der Waals surface area contributed by atoms with Crippen molar-refractivity contribution in [1.82, 2.24) is 5.32 Å². The Bertz CT molecular complexity index is 357. The minimum atomic E-state index is 0.0510. The van der Waals surface area contributed by atoms with Crippen LogP contribution in [0.25, 0.3) is 0 Å². The SMILES string of the molecule is CCOc1cccc(CNCC(C)C#N)c1. The molecule has 0 saturated carbocycles. The molecule has 0 aromatic heterocycles. The van der Waals surface area contributed by atoms with Crippen molar-refractivity contribution in [2.45, 2.75) is 20.4 Å². The van der Waals surface area contributed by atoms with E-state index in [1.165, 1.54) is 5.56 Å². The molecule has 1 aromatic rings. The molecule has 0 aliphatic heterocycles. The molecular weight excluding hydrogens is 200 g/mol. The lowest BCUT2D eigenvalue weighted by atomic mass is 10.2. The van der Waals surface area contributed by atoms with Crippen LogP contribution in [-0.2, 0) is 6.54 Å². The van der Waals surface area contributed by atoms with Crippen LogP contribution < -0.4 is 10.1 Å². The first kappa shape index (κ1) is 12.5. The second kappa shape index (κ2) is 6.86. The number of nitrogens with zero attached hydrogens (tertiary/aromatic N) is 1. The van der Waals surface area contributed by atoms with Gasteiger partial charge in [-0.1, -0.05) is 12.1 Å². The van der Waals surface area contributed by atoms with E-state index >= 15 is 0 Å². The topological polar surface area (TPSA) is 45.0 Å². The van der Waals surface area contributed by atoms with E-state index in [0.717, 1.165) is 18.8 Å². The van der Waals surface area contributed by atoms with Crippen LogP contribution in [-0.4, -0.2) is 13.2 Å². The van der Waals surface area contributed by atoms with Crippen molar-refractivity contribution in [2.75, 3.05) is 13.2 Å². The van der Waals surface area contributed by atoms with E-state index in [1.54, 1.807) is 0 Å². The summed E-state index contributed by atoms with van der Waals surface area (Å²) in [6.45, 7) is 6.05. The van der Waals surface area contributed by atoms with Gasteiger partial charge in [0.1, 0.15) is 5.75 Å². The Balaban J connectivity index is 2.42. The number of nitriles is 1. The number of ether oxygens (including phenoxy) is 1. The molecule has 86 valence electrons. The average Bonchev–Trinajstić information content (AvgIpc) is 2.30. The van der Waals surface area contributed by atoms with Crippen LogP contribution >= 0.6 is 0 Å². The Hall–Kier alpha value is -1.53. The van der Waals surface area contributed by atoms with Gasteiger partial charge < -0.3 is 10.1 Å². The lowest BCUT2D eigenvalue weighted by molar-refractivity contribution is 0.340. The van der Waals surface area contributed by atoms with Crippen LogP contribution in [0.15, 0.2) is 24.3 Å². The van der Waals surface area contributed by atoms with Gasteiger partial charge in [-0.2, -0.15) is 5.26 Å². The molecule has 0 amide bonds. The maximum Gasteiger partial charge on any atom is 0.119 e. The zero-order valence-corrected chi connectivity index (χ0v) is 9.86. The van der Waals surface area contributed by atoms with E-state index in [2.05, 4.69) is 11.4 Å². The van der Waals surface area contributed by atoms with E-state index in [9.17, 15) is 0 Å². The highest BCUT2D eigenvalue weighted by Gasteiger charge is 1.99. The fraction of sp³-hybridized carbons (Fsp3) is 0.462. The van der Waals surface area contributed by atoms with Crippen LogP contribution in [0.5, 0.6) is 5.75 Å². The first-order chi connectivity index (χ1) is 7.76. The number of nitrogens with one attached hydrogen (secondary N) is 1. The van der Waals surface area contributed by atoms with Crippen LogP contribution in [0.4, 0.5) is 0 Å². The maximum absolute atomic E-state index is 8.64. The lowest BCUT2D eigenvalue weighted by Crippen LogP contribution is -2.19. The van der Waals surface area contributed by atoms with Gasteiger partial charge in [0.2, 0.25) is 0 Å². The predicted octanol–water partition coefficient (Wildman–Crippen LogP) is 2.33. The number of hydrogen-bond donors (Lipinski definition) is 1. The normalized spacial score (nSPS) is 11.8. The third kappa shape index (κ3) is 4.33. The van der Waals surface area contributed by atoms with Gasteiger partial charge in [-0.25, -0.2) is 0 Å². The zero-order chi connectivity index (χ0) is 11.8. The highest BCUT2D eigenvalue weighted by molar-refractivity contribution is 5.28. The summed E-state index contributed by atoms with van der Waals surface area (Å²) >= 11 is 0. The molecule has 1 N–H and O–H groups in total. The molecule has 0 saturated heterocycles. The van der Waals surface area contributed by atoms with E-state index < -0.39 is 0 Å². The van der Waals surface area contributed by atoms with Crippen LogP contribution in [0, 0.1) is 17.2 Å². The highest BCUT2D eigenvalue weighted by Crippen LogP contribution is 2.12. The van der Waals surface area contributed by atoms with Gasteiger partial charge in [-0.3, -0.25) is 0 Å². The molecule has 1 rings (SSSR count). The van der Waals surface area contributed by atoms with E-state index in [0.29, 0.717) is 6.61 Å². The Morgan fingerprint density at radius 2 is 2.31 bits per heavy atom. The Labute approximate surface area is 97.0 Å². The van der Waals surface area contributed by atoms with Gasteiger partial charge in [0.25, 0.3) is 0 Å². The molecule has 0 aliphatic rings. The standard InChI is InChI=1S/C13H18N2O/c1-3-16-13-6-4-5-12(7-13)10-15-9-11(2)8-14/h4-7,11,15H,3,9-10H2,1-2H3. The number of benzene rings is 1. The fourth-order valence-corrected chi connectivity index (χ4v) is 1.39. The van der Waals surface area contributed by atoms with Crippen molar-refractivity contribution < 1.29 is 4.74 Å². The van der Waals surface area contributed by atoms with Crippen LogP contribution in [0.1, 0.15) is 19.4 Å². The van der Waals surface area contributed by atoms with Gasteiger partial charge in [0, 0.05) is 13.1 Å². The predicted molar refractivity (Wildman–Crippen MR) is 64.1 cm³/mol. The second-order valence-corrected chi connectivity index (χ2v) is 3.74. The highest BCUT2D eigenvalue weighted by atomic mass is 16.5. The van der Waals surface area contributed by atoms with Gasteiger partial charge in [0.05, 0.1) is 18.6 Å². The molecular formula is C13H18N2O. The van der Waals surface area contributed by atoms with Gasteiger partial charge in [-0.05, 0) is 31.5 Å². The van der Waals surface area contributed by atoms with Gasteiger partial charge in [-0.15, -0.1) is 0 Å². The molecule has 1 atom stereocenters. The van der Waals surface area contributed by atoms with Gasteiger partial charge >= 0.3 is 0 Å². The van der Waals surface area contributed by atoms with E-state index in [1.807, 2.05) is 38.1 Å². The molecule has 0 aliphatic carbocycles. The van der Waals surface area contributed by atoms with Gasteiger partial charge in [0.15, 0.2) is 0 Å². The number of rotatable bonds is 6. The van der Waals surface area contributed by atoms with Crippen molar-refractivity contribution >= 4 is 0 Å². The Morgan fingerprint density at radius 1 is 1.50 bits per heavy atom. The minimum Gasteiger partial charge on any atom is -0.494 e. The molecule has 3 heteroatoms. The smallest absolute Gasteiger partial charge is 0.119 e. The van der Waals surface area contributed by atoms with Crippen LogP contribution in [0.2, 0.25) is 0 Å². The first-order valence-corrected chi connectivity index (χ1v) is 5.58. The summed E-state index contributed by atoms with van der Waals surface area (Å²) in [5, 5.41) is 11.9. The molecule has 0 bridgehead atoms. The molecule has 0 radical (unpaired) electrons. The summed E-state index contributed by atoms with van der Waals surface area (Å²) in [5.74, 6) is 0.949. The first-order valence-electron chi connectivity index (χ1n) is 5.58. The average molecular weight is 218 g/mol. The molecule has 1 unspecified atom stereocenters. The van der Waals surface area contributed by atoms with Crippen molar-refractivity contribution in [3.8, 4) is 11.8 Å². The second-order valence-electron chi connectivity index (χ2n) is 3.74. The van der Waals surface area contributed by atoms with E-state index in [-0.39, 0.29) is 5.92 Å². The van der Waals surface area contributed by atoms with Crippen molar-refractivity contribution in [2.24, 2.45) is 5.92 Å². The largest absolute Gasteiger partial charge is 0.494 e.